The maximum absolute atomic E-state index is 12.5. The lowest BCUT2D eigenvalue weighted by atomic mass is 10.1. The van der Waals surface area contributed by atoms with Gasteiger partial charge in [-0.25, -0.2) is 13.4 Å². The quantitative estimate of drug-likeness (QED) is 0.521. The number of carbonyl (C=O) groups excluding carboxylic acids is 1. The van der Waals surface area contributed by atoms with Crippen molar-refractivity contribution >= 4 is 48.9 Å². The third-order valence-corrected chi connectivity index (χ3v) is 8.32. The summed E-state index contributed by atoms with van der Waals surface area (Å²) in [6.07, 6.45) is 1.37. The van der Waals surface area contributed by atoms with Gasteiger partial charge < -0.3 is 9.64 Å². The van der Waals surface area contributed by atoms with E-state index in [-0.39, 0.29) is 29.1 Å². The summed E-state index contributed by atoms with van der Waals surface area (Å²) in [5.74, 6) is -0.360. The van der Waals surface area contributed by atoms with Gasteiger partial charge in [-0.05, 0) is 42.8 Å². The summed E-state index contributed by atoms with van der Waals surface area (Å²) in [7, 11) is -3.52. The molecule has 2 heterocycles. The van der Waals surface area contributed by atoms with E-state index in [0.29, 0.717) is 36.1 Å². The molecule has 1 aliphatic rings. The van der Waals surface area contributed by atoms with Crippen molar-refractivity contribution in [1.29, 1.82) is 0 Å². The van der Waals surface area contributed by atoms with Gasteiger partial charge in [-0.3, -0.25) is 4.79 Å². The van der Waals surface area contributed by atoms with Gasteiger partial charge in [0.15, 0.2) is 9.84 Å². The number of fused-ring (bicyclic) bond motifs is 1. The molecule has 1 aromatic heterocycles. The Morgan fingerprint density at radius 2 is 1.90 bits per heavy atom. The van der Waals surface area contributed by atoms with Gasteiger partial charge in [0.25, 0.3) is 5.19 Å². The Labute approximate surface area is 190 Å². The first kappa shape index (κ1) is 22.0. The lowest BCUT2D eigenvalue weighted by Crippen LogP contribution is -2.42. The van der Waals surface area contributed by atoms with E-state index in [1.165, 1.54) is 35.6 Å². The molecule has 4 rings (SSSR count). The monoisotopic (exact) mass is 478 g/mol. The first-order valence-corrected chi connectivity index (χ1v) is 13.0. The standard InChI is InChI=1S/C22H23ClN2O4S2/c1-15-3-2-4-19-21(15)24-22(30-19)29-17-9-12-25(13-10-17)20(26)11-14-31(27,28)18-7-5-16(23)6-8-18/h2-8,17H,9-14H2,1H3. The predicted molar refractivity (Wildman–Crippen MR) is 123 cm³/mol. The highest BCUT2D eigenvalue weighted by Crippen LogP contribution is 2.31. The second kappa shape index (κ2) is 9.14. The van der Waals surface area contributed by atoms with E-state index >= 15 is 0 Å². The van der Waals surface area contributed by atoms with Crippen molar-refractivity contribution in [3.8, 4) is 5.19 Å². The highest BCUT2D eigenvalue weighted by Gasteiger charge is 2.26. The number of halogens is 1. The van der Waals surface area contributed by atoms with Crippen LogP contribution in [0.4, 0.5) is 0 Å². The lowest BCUT2D eigenvalue weighted by molar-refractivity contribution is -0.132. The molecule has 31 heavy (non-hydrogen) atoms. The van der Waals surface area contributed by atoms with Crippen LogP contribution < -0.4 is 4.74 Å². The molecule has 0 bridgehead atoms. The number of ether oxygens (including phenoxy) is 1. The van der Waals surface area contributed by atoms with Crippen LogP contribution in [0.25, 0.3) is 10.2 Å². The molecule has 6 nitrogen and oxygen atoms in total. The molecule has 164 valence electrons. The topological polar surface area (TPSA) is 76.6 Å². The van der Waals surface area contributed by atoms with E-state index in [4.69, 9.17) is 16.3 Å². The number of carbonyl (C=O) groups is 1. The molecule has 3 aromatic rings. The number of benzene rings is 2. The van der Waals surface area contributed by atoms with Crippen molar-refractivity contribution in [3.05, 3.63) is 53.1 Å². The highest BCUT2D eigenvalue weighted by molar-refractivity contribution is 7.91. The zero-order valence-corrected chi connectivity index (χ0v) is 19.5. The number of para-hydroxylation sites is 1. The van der Waals surface area contributed by atoms with Crippen molar-refractivity contribution in [3.63, 3.8) is 0 Å². The fourth-order valence-corrected chi connectivity index (χ4v) is 5.94. The van der Waals surface area contributed by atoms with E-state index in [1.54, 1.807) is 4.90 Å². The largest absolute Gasteiger partial charge is 0.467 e. The van der Waals surface area contributed by atoms with Gasteiger partial charge in [0, 0.05) is 37.4 Å². The smallest absolute Gasteiger partial charge is 0.274 e. The molecule has 1 saturated heterocycles. The average molecular weight is 479 g/mol. The summed E-state index contributed by atoms with van der Waals surface area (Å²) in [5, 5.41) is 1.13. The van der Waals surface area contributed by atoms with Crippen LogP contribution in [0.5, 0.6) is 5.19 Å². The summed E-state index contributed by atoms with van der Waals surface area (Å²) in [5.41, 5.74) is 2.09. The van der Waals surface area contributed by atoms with E-state index in [2.05, 4.69) is 4.98 Å². The van der Waals surface area contributed by atoms with Crippen LogP contribution in [0.15, 0.2) is 47.4 Å². The Bertz CT molecular complexity index is 1180. The van der Waals surface area contributed by atoms with Gasteiger partial charge in [0.2, 0.25) is 5.91 Å². The number of piperidine rings is 1. The zero-order valence-electron chi connectivity index (χ0n) is 17.1. The molecule has 0 saturated carbocycles. The summed E-state index contributed by atoms with van der Waals surface area (Å²) in [6, 6.07) is 12.1. The Morgan fingerprint density at radius 3 is 2.58 bits per heavy atom. The molecule has 1 aliphatic heterocycles. The van der Waals surface area contributed by atoms with Gasteiger partial charge in [-0.1, -0.05) is 35.1 Å². The summed E-state index contributed by atoms with van der Waals surface area (Å²) >= 11 is 7.34. The first-order chi connectivity index (χ1) is 14.8. The number of nitrogens with zero attached hydrogens (tertiary/aromatic N) is 2. The maximum atomic E-state index is 12.5. The fourth-order valence-electron chi connectivity index (χ4n) is 3.62. The molecule has 1 fully saturated rings. The van der Waals surface area contributed by atoms with Crippen molar-refractivity contribution < 1.29 is 17.9 Å². The predicted octanol–water partition coefficient (Wildman–Crippen LogP) is 4.49. The average Bonchev–Trinajstić information content (AvgIpc) is 3.17. The molecule has 0 unspecified atom stereocenters. The Morgan fingerprint density at radius 1 is 1.19 bits per heavy atom. The van der Waals surface area contributed by atoms with Crippen molar-refractivity contribution in [1.82, 2.24) is 9.88 Å². The summed E-state index contributed by atoms with van der Waals surface area (Å²) in [6.45, 7) is 3.13. The molecule has 0 spiro atoms. The van der Waals surface area contributed by atoms with Crippen LogP contribution in [0.3, 0.4) is 0 Å². The minimum absolute atomic E-state index is 0.00252. The van der Waals surface area contributed by atoms with E-state index < -0.39 is 9.84 Å². The molecule has 2 aromatic carbocycles. The van der Waals surface area contributed by atoms with Crippen LogP contribution in [0, 0.1) is 6.92 Å². The van der Waals surface area contributed by atoms with Gasteiger partial charge in [0.05, 0.1) is 20.9 Å². The second-order valence-electron chi connectivity index (χ2n) is 7.62. The lowest BCUT2D eigenvalue weighted by Gasteiger charge is -2.31. The first-order valence-electron chi connectivity index (χ1n) is 10.1. The molecule has 1 amide bonds. The minimum Gasteiger partial charge on any atom is -0.467 e. The summed E-state index contributed by atoms with van der Waals surface area (Å²) < 4.78 is 32.1. The normalized spacial score (nSPS) is 15.4. The van der Waals surface area contributed by atoms with Gasteiger partial charge in [-0.2, -0.15) is 0 Å². The maximum Gasteiger partial charge on any atom is 0.274 e. The Hall–Kier alpha value is -2.16. The van der Waals surface area contributed by atoms with Gasteiger partial charge >= 0.3 is 0 Å². The fraction of sp³-hybridized carbons (Fsp3) is 0.364. The molecule has 0 radical (unpaired) electrons. The van der Waals surface area contributed by atoms with Crippen molar-refractivity contribution in [2.24, 2.45) is 0 Å². The van der Waals surface area contributed by atoms with Crippen LogP contribution in [0.1, 0.15) is 24.8 Å². The number of sulfone groups is 1. The molecule has 0 atom stereocenters. The van der Waals surface area contributed by atoms with E-state index in [0.717, 1.165) is 15.8 Å². The zero-order chi connectivity index (χ0) is 22.0. The van der Waals surface area contributed by atoms with E-state index in [1.807, 2.05) is 25.1 Å². The minimum atomic E-state index is -3.52. The molecule has 9 heteroatoms. The molecule has 0 aliphatic carbocycles. The summed E-state index contributed by atoms with van der Waals surface area (Å²) in [4.78, 5) is 19.0. The molecular formula is C22H23ClN2O4S2. The third-order valence-electron chi connectivity index (χ3n) is 5.42. The SMILES string of the molecule is Cc1cccc2sc(OC3CCN(C(=O)CCS(=O)(=O)c4ccc(Cl)cc4)CC3)nc12. The van der Waals surface area contributed by atoms with Crippen molar-refractivity contribution in [2.75, 3.05) is 18.8 Å². The number of hydrogen-bond donors (Lipinski definition) is 0. The number of hydrogen-bond acceptors (Lipinski definition) is 6. The molecular weight excluding hydrogens is 456 g/mol. The number of thiazole rings is 1. The Kier molecular flexibility index (Phi) is 6.50. The van der Waals surface area contributed by atoms with Crippen LogP contribution in [0.2, 0.25) is 5.02 Å². The Balaban J connectivity index is 1.28. The third kappa shape index (κ3) is 5.19. The number of aromatic nitrogens is 1. The van der Waals surface area contributed by atoms with Crippen LogP contribution >= 0.6 is 22.9 Å². The number of rotatable bonds is 6. The van der Waals surface area contributed by atoms with Gasteiger partial charge in [0.1, 0.15) is 6.10 Å². The molecule has 0 N–H and O–H groups in total. The number of amides is 1. The van der Waals surface area contributed by atoms with Crippen LogP contribution in [-0.2, 0) is 14.6 Å². The van der Waals surface area contributed by atoms with Gasteiger partial charge in [-0.15, -0.1) is 0 Å². The van der Waals surface area contributed by atoms with Crippen LogP contribution in [-0.4, -0.2) is 49.2 Å². The van der Waals surface area contributed by atoms with E-state index in [9.17, 15) is 13.2 Å². The second-order valence-corrected chi connectivity index (χ2v) is 11.2. The van der Waals surface area contributed by atoms with Crippen molar-refractivity contribution in [2.45, 2.75) is 37.2 Å². The highest BCUT2D eigenvalue weighted by atomic mass is 35.5. The number of likely N-dealkylation sites (tertiary alicyclic amines) is 1. The number of aryl methyl sites for hydroxylation is 1.